The molecule has 2 aliphatic rings. The Balaban J connectivity index is 1.65. The monoisotopic (exact) mass is 412 g/mol. The lowest BCUT2D eigenvalue weighted by molar-refractivity contribution is 0.0104. The van der Waals surface area contributed by atoms with E-state index in [2.05, 4.69) is 15.6 Å². The van der Waals surface area contributed by atoms with Crippen LogP contribution < -0.4 is 10.6 Å². The molecule has 0 bridgehead atoms. The molecule has 168 valence electrons. The van der Waals surface area contributed by atoms with Crippen molar-refractivity contribution in [2.75, 3.05) is 53.1 Å². The number of guanidine groups is 1. The molecule has 2 saturated heterocycles. The third-order valence-electron chi connectivity index (χ3n) is 5.12. The first-order chi connectivity index (χ1) is 13.9. The molecule has 2 unspecified atom stereocenters. The van der Waals surface area contributed by atoms with Crippen molar-refractivity contribution < 1.29 is 19.0 Å². The van der Waals surface area contributed by atoms with Gasteiger partial charge < -0.3 is 29.7 Å². The number of aliphatic imine (C=N–C) groups is 1. The van der Waals surface area contributed by atoms with Crippen molar-refractivity contribution in [3.05, 3.63) is 0 Å². The summed E-state index contributed by atoms with van der Waals surface area (Å²) >= 11 is 0. The van der Waals surface area contributed by atoms with Crippen LogP contribution >= 0.6 is 0 Å². The number of hydrogen-bond donors (Lipinski definition) is 2. The van der Waals surface area contributed by atoms with Crippen molar-refractivity contribution in [2.24, 2.45) is 10.9 Å². The Kier molecular flexibility index (Phi) is 10.0. The Hall–Kier alpha value is -1.54. The number of carbonyl (C=O) groups is 1. The molecular formula is C21H40N4O4. The van der Waals surface area contributed by atoms with Gasteiger partial charge in [0.2, 0.25) is 0 Å². The van der Waals surface area contributed by atoms with Gasteiger partial charge >= 0.3 is 6.09 Å². The Morgan fingerprint density at radius 2 is 2.07 bits per heavy atom. The number of piperidine rings is 1. The van der Waals surface area contributed by atoms with Crippen LogP contribution in [-0.2, 0) is 14.2 Å². The number of hydrogen-bond acceptors (Lipinski definition) is 5. The second kappa shape index (κ2) is 12.2. The van der Waals surface area contributed by atoms with Crippen molar-refractivity contribution in [3.8, 4) is 0 Å². The number of nitrogens with zero attached hydrogens (tertiary/aromatic N) is 2. The Morgan fingerprint density at radius 3 is 2.76 bits per heavy atom. The van der Waals surface area contributed by atoms with E-state index in [0.717, 1.165) is 77.6 Å². The molecule has 8 heteroatoms. The second-order valence-corrected chi connectivity index (χ2v) is 8.86. The fourth-order valence-corrected chi connectivity index (χ4v) is 3.55. The molecule has 29 heavy (non-hydrogen) atoms. The first-order valence-corrected chi connectivity index (χ1v) is 11.0. The Labute approximate surface area is 175 Å². The summed E-state index contributed by atoms with van der Waals surface area (Å²) in [5, 5.41) is 6.67. The summed E-state index contributed by atoms with van der Waals surface area (Å²) in [5.74, 6) is 1.31. The lowest BCUT2D eigenvalue weighted by Crippen LogP contribution is -2.52. The minimum Gasteiger partial charge on any atom is -0.444 e. The zero-order chi connectivity index (χ0) is 21.1. The topological polar surface area (TPSA) is 84.4 Å². The number of nitrogens with one attached hydrogen (secondary N) is 2. The van der Waals surface area contributed by atoms with E-state index >= 15 is 0 Å². The van der Waals surface area contributed by atoms with E-state index in [1.54, 1.807) is 7.05 Å². The maximum atomic E-state index is 12.5. The van der Waals surface area contributed by atoms with Gasteiger partial charge in [-0.25, -0.2) is 4.79 Å². The highest BCUT2D eigenvalue weighted by Gasteiger charge is 2.30. The lowest BCUT2D eigenvalue weighted by atomic mass is 10.0. The normalized spacial score (nSPS) is 23.2. The van der Waals surface area contributed by atoms with Crippen molar-refractivity contribution in [3.63, 3.8) is 0 Å². The van der Waals surface area contributed by atoms with Crippen LogP contribution in [0.1, 0.15) is 52.9 Å². The molecule has 2 rings (SSSR count). The molecule has 2 heterocycles. The summed E-state index contributed by atoms with van der Waals surface area (Å²) in [6.45, 7) is 11.1. The SMILES string of the molecule is CN=C(NCCCOCC1CCOC1)NCC1CCCCN1C(=O)OC(C)(C)C. The highest BCUT2D eigenvalue weighted by atomic mass is 16.6. The third kappa shape index (κ3) is 9.21. The van der Waals surface area contributed by atoms with Crippen molar-refractivity contribution in [1.29, 1.82) is 0 Å². The number of carbonyl (C=O) groups excluding carboxylic acids is 1. The smallest absolute Gasteiger partial charge is 0.410 e. The molecule has 0 aromatic carbocycles. The van der Waals surface area contributed by atoms with Gasteiger partial charge in [0.1, 0.15) is 5.60 Å². The third-order valence-corrected chi connectivity index (χ3v) is 5.12. The highest BCUT2D eigenvalue weighted by molar-refractivity contribution is 5.79. The molecule has 0 spiro atoms. The molecule has 0 radical (unpaired) electrons. The van der Waals surface area contributed by atoms with Gasteiger partial charge in [-0.15, -0.1) is 0 Å². The molecule has 1 amide bonds. The van der Waals surface area contributed by atoms with Crippen LogP contribution in [0.3, 0.4) is 0 Å². The Bertz CT molecular complexity index is 515. The average molecular weight is 413 g/mol. The van der Waals surface area contributed by atoms with Crippen LogP contribution in [-0.4, -0.2) is 81.7 Å². The molecule has 2 fully saturated rings. The fourth-order valence-electron chi connectivity index (χ4n) is 3.55. The summed E-state index contributed by atoms with van der Waals surface area (Å²) in [6.07, 6.45) is 4.92. The van der Waals surface area contributed by atoms with Crippen LogP contribution in [0.25, 0.3) is 0 Å². The molecule has 0 aliphatic carbocycles. The first kappa shape index (κ1) is 23.7. The quantitative estimate of drug-likeness (QED) is 0.362. The molecule has 0 saturated carbocycles. The molecule has 0 aromatic heterocycles. The van der Waals surface area contributed by atoms with Crippen molar-refractivity contribution in [2.45, 2.75) is 64.5 Å². The number of rotatable bonds is 8. The van der Waals surface area contributed by atoms with Gasteiger partial charge in [0.15, 0.2) is 5.96 Å². The van der Waals surface area contributed by atoms with Crippen LogP contribution in [0, 0.1) is 5.92 Å². The van der Waals surface area contributed by atoms with Crippen LogP contribution in [0.5, 0.6) is 0 Å². The molecule has 2 aliphatic heterocycles. The summed E-state index contributed by atoms with van der Waals surface area (Å²) in [4.78, 5) is 18.7. The van der Waals surface area contributed by atoms with Gasteiger partial charge in [0.25, 0.3) is 0 Å². The molecule has 2 N–H and O–H groups in total. The number of amides is 1. The summed E-state index contributed by atoms with van der Waals surface area (Å²) < 4.78 is 16.7. The van der Waals surface area contributed by atoms with E-state index in [1.165, 1.54) is 0 Å². The highest BCUT2D eigenvalue weighted by Crippen LogP contribution is 2.20. The minimum atomic E-state index is -0.475. The van der Waals surface area contributed by atoms with E-state index in [1.807, 2.05) is 25.7 Å². The predicted molar refractivity (Wildman–Crippen MR) is 114 cm³/mol. The van der Waals surface area contributed by atoms with E-state index in [9.17, 15) is 4.79 Å². The number of ether oxygens (including phenoxy) is 3. The van der Waals surface area contributed by atoms with Crippen molar-refractivity contribution in [1.82, 2.24) is 15.5 Å². The molecular weight excluding hydrogens is 372 g/mol. The van der Waals surface area contributed by atoms with Crippen LogP contribution in [0.15, 0.2) is 4.99 Å². The van der Waals surface area contributed by atoms with Crippen LogP contribution in [0.4, 0.5) is 4.79 Å². The first-order valence-electron chi connectivity index (χ1n) is 11.0. The fraction of sp³-hybridized carbons (Fsp3) is 0.905. The van der Waals surface area contributed by atoms with Gasteiger partial charge in [-0.3, -0.25) is 4.99 Å². The lowest BCUT2D eigenvalue weighted by Gasteiger charge is -2.37. The summed E-state index contributed by atoms with van der Waals surface area (Å²) in [6, 6.07) is 0.120. The van der Waals surface area contributed by atoms with Crippen LogP contribution in [0.2, 0.25) is 0 Å². The standard InChI is InChI=1S/C21H40N4O4/c1-21(2,3)29-20(26)25-11-6-5-8-18(25)14-24-19(22-4)23-10-7-12-27-15-17-9-13-28-16-17/h17-18H,5-16H2,1-4H3,(H2,22,23,24). The summed E-state index contributed by atoms with van der Waals surface area (Å²) in [7, 11) is 1.76. The zero-order valence-electron chi connectivity index (χ0n) is 18.7. The van der Waals surface area contributed by atoms with Gasteiger partial charge in [-0.1, -0.05) is 0 Å². The average Bonchev–Trinajstić information content (AvgIpc) is 3.19. The zero-order valence-corrected chi connectivity index (χ0v) is 18.7. The summed E-state index contributed by atoms with van der Waals surface area (Å²) in [5.41, 5.74) is -0.475. The van der Waals surface area contributed by atoms with Gasteiger partial charge in [-0.2, -0.15) is 0 Å². The van der Waals surface area contributed by atoms with Gasteiger partial charge in [-0.05, 0) is 52.9 Å². The maximum Gasteiger partial charge on any atom is 0.410 e. The molecule has 0 aromatic rings. The van der Waals surface area contributed by atoms with E-state index in [4.69, 9.17) is 14.2 Å². The van der Waals surface area contributed by atoms with E-state index in [0.29, 0.717) is 12.5 Å². The van der Waals surface area contributed by atoms with Gasteiger partial charge in [0, 0.05) is 45.8 Å². The molecule has 2 atom stereocenters. The second-order valence-electron chi connectivity index (χ2n) is 8.86. The van der Waals surface area contributed by atoms with Crippen molar-refractivity contribution >= 4 is 12.1 Å². The Morgan fingerprint density at radius 1 is 1.24 bits per heavy atom. The predicted octanol–water partition coefficient (Wildman–Crippen LogP) is 2.38. The van der Waals surface area contributed by atoms with E-state index in [-0.39, 0.29) is 12.1 Å². The maximum absolute atomic E-state index is 12.5. The number of likely N-dealkylation sites (tertiary alicyclic amines) is 1. The minimum absolute atomic E-state index is 0.120. The largest absolute Gasteiger partial charge is 0.444 e. The van der Waals surface area contributed by atoms with Gasteiger partial charge in [0.05, 0.1) is 19.3 Å². The van der Waals surface area contributed by atoms with E-state index < -0.39 is 5.60 Å². The molecule has 8 nitrogen and oxygen atoms in total.